The summed E-state index contributed by atoms with van der Waals surface area (Å²) < 4.78 is 5.35. The van der Waals surface area contributed by atoms with Gasteiger partial charge in [-0.05, 0) is 23.8 Å². The molecule has 0 spiro atoms. The minimum atomic E-state index is -0.111. The van der Waals surface area contributed by atoms with Gasteiger partial charge in [0, 0.05) is 31.9 Å². The van der Waals surface area contributed by atoms with E-state index in [2.05, 4.69) is 30.7 Å². The van der Waals surface area contributed by atoms with Gasteiger partial charge < -0.3 is 15.0 Å². The van der Waals surface area contributed by atoms with E-state index in [9.17, 15) is 4.79 Å². The summed E-state index contributed by atoms with van der Waals surface area (Å²) in [6.07, 6.45) is 3.35. The zero-order chi connectivity index (χ0) is 17.5. The lowest BCUT2D eigenvalue weighted by atomic mass is 10.2. The Hall–Kier alpha value is -3.00. The molecule has 0 unspecified atom stereocenters. The van der Waals surface area contributed by atoms with E-state index in [1.165, 1.54) is 6.92 Å². The van der Waals surface area contributed by atoms with Crippen molar-refractivity contribution in [1.29, 1.82) is 0 Å². The summed E-state index contributed by atoms with van der Waals surface area (Å²) in [6, 6.07) is 9.26. The highest BCUT2D eigenvalue weighted by Gasteiger charge is 2.12. The molecule has 8 nitrogen and oxygen atoms in total. The molecule has 1 aliphatic heterocycles. The van der Waals surface area contributed by atoms with Crippen molar-refractivity contribution in [1.82, 2.24) is 9.97 Å². The fourth-order valence-electron chi connectivity index (χ4n) is 2.44. The number of morpholine rings is 1. The maximum Gasteiger partial charge on any atom is 0.245 e. The highest BCUT2D eigenvalue weighted by molar-refractivity contribution is 5.90. The van der Waals surface area contributed by atoms with Gasteiger partial charge in [0.2, 0.25) is 11.9 Å². The van der Waals surface area contributed by atoms with E-state index in [0.717, 1.165) is 30.2 Å². The minimum Gasteiger partial charge on any atom is -0.378 e. The van der Waals surface area contributed by atoms with E-state index < -0.39 is 0 Å². The molecule has 1 aromatic heterocycles. The molecule has 1 fully saturated rings. The van der Waals surface area contributed by atoms with E-state index >= 15 is 0 Å². The normalized spacial score (nSPS) is 14.5. The molecular weight excluding hydrogens is 320 g/mol. The fraction of sp³-hybridized carbons (Fsp3) is 0.294. The molecule has 25 heavy (non-hydrogen) atoms. The van der Waals surface area contributed by atoms with Gasteiger partial charge in [-0.25, -0.2) is 10.4 Å². The summed E-state index contributed by atoms with van der Waals surface area (Å²) in [7, 11) is 0. The molecule has 1 aromatic carbocycles. The SMILES string of the molecule is CC(=O)Nc1cccc(C=NNc2nccc(N3CCOCC3)n2)c1. The van der Waals surface area contributed by atoms with Crippen LogP contribution in [0.4, 0.5) is 17.5 Å². The number of carbonyl (C=O) groups excluding carboxylic acids is 1. The van der Waals surface area contributed by atoms with Gasteiger partial charge in [-0.1, -0.05) is 12.1 Å². The third-order valence-corrected chi connectivity index (χ3v) is 3.56. The number of rotatable bonds is 5. The van der Waals surface area contributed by atoms with Crippen LogP contribution in [0.25, 0.3) is 0 Å². The molecule has 2 heterocycles. The van der Waals surface area contributed by atoms with Crippen LogP contribution in [0.2, 0.25) is 0 Å². The maximum absolute atomic E-state index is 11.1. The molecule has 0 aliphatic carbocycles. The average Bonchev–Trinajstić information content (AvgIpc) is 2.63. The van der Waals surface area contributed by atoms with Gasteiger partial charge in [0.1, 0.15) is 5.82 Å². The van der Waals surface area contributed by atoms with Crippen LogP contribution in [0.3, 0.4) is 0 Å². The Balaban J connectivity index is 1.63. The molecule has 3 rings (SSSR count). The maximum atomic E-state index is 11.1. The summed E-state index contributed by atoms with van der Waals surface area (Å²) in [5.41, 5.74) is 4.41. The van der Waals surface area contributed by atoms with Crippen LogP contribution in [0.1, 0.15) is 12.5 Å². The molecule has 0 atom stereocenters. The van der Waals surface area contributed by atoms with Crippen molar-refractivity contribution in [3.8, 4) is 0 Å². The summed E-state index contributed by atoms with van der Waals surface area (Å²) in [5.74, 6) is 1.17. The van der Waals surface area contributed by atoms with Crippen molar-refractivity contribution in [2.45, 2.75) is 6.92 Å². The minimum absolute atomic E-state index is 0.111. The number of nitrogens with zero attached hydrogens (tertiary/aromatic N) is 4. The molecule has 0 radical (unpaired) electrons. The molecule has 1 aliphatic rings. The Morgan fingerprint density at radius 2 is 2.16 bits per heavy atom. The molecule has 130 valence electrons. The van der Waals surface area contributed by atoms with Gasteiger partial charge >= 0.3 is 0 Å². The number of hydrazone groups is 1. The van der Waals surface area contributed by atoms with Crippen molar-refractivity contribution in [3.63, 3.8) is 0 Å². The van der Waals surface area contributed by atoms with Crippen molar-refractivity contribution < 1.29 is 9.53 Å². The van der Waals surface area contributed by atoms with Gasteiger partial charge in [-0.2, -0.15) is 10.1 Å². The molecule has 0 bridgehead atoms. The van der Waals surface area contributed by atoms with Gasteiger partial charge in [-0.15, -0.1) is 0 Å². The molecule has 1 amide bonds. The lowest BCUT2D eigenvalue weighted by molar-refractivity contribution is -0.114. The number of aromatic nitrogens is 2. The van der Waals surface area contributed by atoms with Crippen LogP contribution in [-0.4, -0.2) is 48.4 Å². The largest absolute Gasteiger partial charge is 0.378 e. The number of carbonyl (C=O) groups is 1. The first-order valence-corrected chi connectivity index (χ1v) is 8.03. The molecule has 2 N–H and O–H groups in total. The van der Waals surface area contributed by atoms with Crippen LogP contribution >= 0.6 is 0 Å². The van der Waals surface area contributed by atoms with E-state index in [4.69, 9.17) is 4.74 Å². The van der Waals surface area contributed by atoms with Gasteiger partial charge in [0.15, 0.2) is 0 Å². The van der Waals surface area contributed by atoms with E-state index in [0.29, 0.717) is 19.2 Å². The molecule has 0 saturated carbocycles. The van der Waals surface area contributed by atoms with Crippen LogP contribution in [0, 0.1) is 0 Å². The Bertz CT molecular complexity index is 758. The van der Waals surface area contributed by atoms with E-state index in [1.54, 1.807) is 12.4 Å². The van der Waals surface area contributed by atoms with Gasteiger partial charge in [0.05, 0.1) is 19.4 Å². The smallest absolute Gasteiger partial charge is 0.245 e. The second-order valence-electron chi connectivity index (χ2n) is 5.51. The second kappa shape index (κ2) is 8.20. The number of anilines is 3. The first kappa shape index (κ1) is 16.8. The number of hydrogen-bond acceptors (Lipinski definition) is 7. The third-order valence-electron chi connectivity index (χ3n) is 3.56. The Morgan fingerprint density at radius 1 is 1.32 bits per heavy atom. The topological polar surface area (TPSA) is 91.7 Å². The number of benzene rings is 1. The van der Waals surface area contributed by atoms with Crippen LogP contribution in [0.15, 0.2) is 41.6 Å². The van der Waals surface area contributed by atoms with Gasteiger partial charge in [0.25, 0.3) is 0 Å². The predicted molar refractivity (Wildman–Crippen MR) is 97.0 cm³/mol. The lowest BCUT2D eigenvalue weighted by Crippen LogP contribution is -2.36. The number of hydrogen-bond donors (Lipinski definition) is 2. The van der Waals surface area contributed by atoms with E-state index in [1.807, 2.05) is 30.3 Å². The summed E-state index contributed by atoms with van der Waals surface area (Å²) in [6.45, 7) is 4.51. The number of amides is 1. The fourth-order valence-corrected chi connectivity index (χ4v) is 2.44. The number of ether oxygens (including phenoxy) is 1. The molecule has 2 aromatic rings. The Kier molecular flexibility index (Phi) is 5.53. The second-order valence-corrected chi connectivity index (χ2v) is 5.51. The Labute approximate surface area is 145 Å². The molecular formula is C17H20N6O2. The molecule has 8 heteroatoms. The van der Waals surface area contributed by atoms with Crippen LogP contribution < -0.4 is 15.6 Å². The van der Waals surface area contributed by atoms with Crippen LogP contribution in [0.5, 0.6) is 0 Å². The Morgan fingerprint density at radius 3 is 2.96 bits per heavy atom. The van der Waals surface area contributed by atoms with Crippen molar-refractivity contribution in [3.05, 3.63) is 42.1 Å². The molecule has 1 saturated heterocycles. The summed E-state index contributed by atoms with van der Waals surface area (Å²) >= 11 is 0. The zero-order valence-corrected chi connectivity index (χ0v) is 14.0. The number of nitrogens with one attached hydrogen (secondary N) is 2. The lowest BCUT2D eigenvalue weighted by Gasteiger charge is -2.27. The predicted octanol–water partition coefficient (Wildman–Crippen LogP) is 1.72. The van der Waals surface area contributed by atoms with Crippen molar-refractivity contribution in [2.24, 2.45) is 5.10 Å². The van der Waals surface area contributed by atoms with Crippen molar-refractivity contribution >= 4 is 29.6 Å². The highest BCUT2D eigenvalue weighted by Crippen LogP contribution is 2.14. The zero-order valence-electron chi connectivity index (χ0n) is 14.0. The highest BCUT2D eigenvalue weighted by atomic mass is 16.5. The summed E-state index contributed by atoms with van der Waals surface area (Å²) in [4.78, 5) is 21.9. The third kappa shape index (κ3) is 4.98. The van der Waals surface area contributed by atoms with Gasteiger partial charge in [-0.3, -0.25) is 4.79 Å². The van der Waals surface area contributed by atoms with Crippen LogP contribution in [-0.2, 0) is 9.53 Å². The first-order chi connectivity index (χ1) is 12.2. The average molecular weight is 340 g/mol. The summed E-state index contributed by atoms with van der Waals surface area (Å²) in [5, 5.41) is 6.90. The first-order valence-electron chi connectivity index (χ1n) is 8.03. The standard InChI is InChI=1S/C17H20N6O2/c1-13(24)20-15-4-2-3-14(11-15)12-19-22-17-18-6-5-16(21-17)23-7-9-25-10-8-23/h2-6,11-12H,7-10H2,1H3,(H,20,24)(H,18,21,22). The van der Waals surface area contributed by atoms with Crippen molar-refractivity contribution in [2.75, 3.05) is 41.9 Å². The monoisotopic (exact) mass is 340 g/mol. The van der Waals surface area contributed by atoms with E-state index in [-0.39, 0.29) is 5.91 Å². The quantitative estimate of drug-likeness (QED) is 0.636.